The van der Waals surface area contributed by atoms with E-state index in [0.717, 1.165) is 5.56 Å². The number of nitrogens with two attached hydrogens (primary N) is 1. The predicted molar refractivity (Wildman–Crippen MR) is 76.9 cm³/mol. The van der Waals surface area contributed by atoms with E-state index in [1.807, 2.05) is 6.07 Å². The van der Waals surface area contributed by atoms with Crippen molar-refractivity contribution >= 4 is 5.88 Å². The average Bonchev–Trinajstić information content (AvgIpc) is 2.85. The molecule has 1 aromatic carbocycles. The van der Waals surface area contributed by atoms with Crippen LogP contribution < -0.4 is 5.73 Å². The van der Waals surface area contributed by atoms with Crippen LogP contribution in [0.1, 0.15) is 11.1 Å². The van der Waals surface area contributed by atoms with Crippen molar-refractivity contribution < 1.29 is 4.52 Å². The molecule has 100 valence electrons. The highest BCUT2D eigenvalue weighted by atomic mass is 16.5. The summed E-state index contributed by atoms with van der Waals surface area (Å²) in [4.78, 5) is 8.13. The molecule has 3 aromatic rings. The zero-order valence-corrected chi connectivity index (χ0v) is 11.3. The minimum absolute atomic E-state index is 0.261. The lowest BCUT2D eigenvalue weighted by Crippen LogP contribution is -1.91. The Bertz CT molecular complexity index is 750. The monoisotopic (exact) mass is 266 g/mol. The lowest BCUT2D eigenvalue weighted by Gasteiger charge is -2.04. The van der Waals surface area contributed by atoms with Gasteiger partial charge in [0, 0.05) is 11.8 Å². The van der Waals surface area contributed by atoms with E-state index in [2.05, 4.69) is 41.1 Å². The van der Waals surface area contributed by atoms with Gasteiger partial charge in [-0.15, -0.1) is 0 Å². The van der Waals surface area contributed by atoms with Gasteiger partial charge in [-0.3, -0.25) is 0 Å². The Labute approximate surface area is 116 Å². The molecule has 0 aliphatic rings. The summed E-state index contributed by atoms with van der Waals surface area (Å²) in [5, 5.41) is 4.07. The van der Waals surface area contributed by atoms with Crippen LogP contribution in [0.5, 0.6) is 0 Å². The fourth-order valence-electron chi connectivity index (χ4n) is 2.07. The Hall–Kier alpha value is -2.69. The number of benzene rings is 1. The van der Waals surface area contributed by atoms with Crippen LogP contribution in [0.15, 0.2) is 41.3 Å². The molecule has 5 heteroatoms. The van der Waals surface area contributed by atoms with Gasteiger partial charge < -0.3 is 10.3 Å². The van der Waals surface area contributed by atoms with Crippen molar-refractivity contribution in [2.45, 2.75) is 13.8 Å². The fourth-order valence-corrected chi connectivity index (χ4v) is 2.07. The largest absolute Gasteiger partial charge is 0.367 e. The summed E-state index contributed by atoms with van der Waals surface area (Å²) >= 11 is 0. The molecule has 2 aromatic heterocycles. The first-order valence-electron chi connectivity index (χ1n) is 6.26. The van der Waals surface area contributed by atoms with Crippen LogP contribution in [-0.2, 0) is 0 Å². The highest BCUT2D eigenvalue weighted by molar-refractivity contribution is 5.85. The maximum absolute atomic E-state index is 5.89. The van der Waals surface area contributed by atoms with E-state index >= 15 is 0 Å². The van der Waals surface area contributed by atoms with Crippen molar-refractivity contribution in [3.8, 4) is 22.5 Å². The molecule has 0 radical (unpaired) electrons. The SMILES string of the molecule is Cc1ccc(-c2noc(N)c2-c2ccncn2)cc1C. The molecule has 0 unspecified atom stereocenters. The third kappa shape index (κ3) is 2.03. The third-order valence-electron chi connectivity index (χ3n) is 3.34. The van der Waals surface area contributed by atoms with E-state index in [-0.39, 0.29) is 5.88 Å². The molecular weight excluding hydrogens is 252 g/mol. The van der Waals surface area contributed by atoms with Gasteiger partial charge in [0.2, 0.25) is 5.88 Å². The average molecular weight is 266 g/mol. The number of aromatic nitrogens is 3. The molecule has 0 spiro atoms. The van der Waals surface area contributed by atoms with Gasteiger partial charge in [-0.05, 0) is 37.1 Å². The summed E-state index contributed by atoms with van der Waals surface area (Å²) in [6, 6.07) is 7.91. The van der Waals surface area contributed by atoms with Gasteiger partial charge in [0.05, 0.1) is 11.3 Å². The summed E-state index contributed by atoms with van der Waals surface area (Å²) < 4.78 is 5.14. The number of rotatable bonds is 2. The van der Waals surface area contributed by atoms with Crippen LogP contribution in [0.2, 0.25) is 0 Å². The number of aryl methyl sites for hydroxylation is 2. The maximum atomic E-state index is 5.89. The molecule has 0 saturated carbocycles. The molecule has 0 aliphatic carbocycles. The highest BCUT2D eigenvalue weighted by Crippen LogP contribution is 2.35. The normalized spacial score (nSPS) is 10.7. The van der Waals surface area contributed by atoms with Crippen LogP contribution in [0, 0.1) is 13.8 Å². The molecule has 0 fully saturated rings. The first-order chi connectivity index (χ1) is 9.66. The van der Waals surface area contributed by atoms with Crippen LogP contribution in [0.4, 0.5) is 5.88 Å². The topological polar surface area (TPSA) is 77.8 Å². The van der Waals surface area contributed by atoms with Crippen molar-refractivity contribution in [1.82, 2.24) is 15.1 Å². The van der Waals surface area contributed by atoms with E-state index in [1.54, 1.807) is 12.3 Å². The van der Waals surface area contributed by atoms with Crippen molar-refractivity contribution in [2.24, 2.45) is 0 Å². The van der Waals surface area contributed by atoms with Gasteiger partial charge in [-0.2, -0.15) is 0 Å². The lowest BCUT2D eigenvalue weighted by molar-refractivity contribution is 0.439. The van der Waals surface area contributed by atoms with E-state index in [4.69, 9.17) is 10.3 Å². The van der Waals surface area contributed by atoms with Crippen molar-refractivity contribution in [3.63, 3.8) is 0 Å². The molecular formula is C15H14N4O. The smallest absolute Gasteiger partial charge is 0.232 e. The minimum atomic E-state index is 0.261. The van der Waals surface area contributed by atoms with Crippen molar-refractivity contribution in [2.75, 3.05) is 5.73 Å². The van der Waals surface area contributed by atoms with E-state index in [0.29, 0.717) is 17.0 Å². The van der Waals surface area contributed by atoms with E-state index in [9.17, 15) is 0 Å². The van der Waals surface area contributed by atoms with Crippen molar-refractivity contribution in [3.05, 3.63) is 47.9 Å². The molecule has 3 rings (SSSR count). The summed E-state index contributed by atoms with van der Waals surface area (Å²) in [6.45, 7) is 4.13. The number of nitrogens with zero attached hydrogens (tertiary/aromatic N) is 3. The molecule has 0 bridgehead atoms. The van der Waals surface area contributed by atoms with Crippen LogP contribution in [0.25, 0.3) is 22.5 Å². The predicted octanol–water partition coefficient (Wildman–Crippen LogP) is 3.00. The van der Waals surface area contributed by atoms with Gasteiger partial charge >= 0.3 is 0 Å². The number of hydrogen-bond donors (Lipinski definition) is 1. The highest BCUT2D eigenvalue weighted by Gasteiger charge is 2.18. The van der Waals surface area contributed by atoms with Gasteiger partial charge in [0.1, 0.15) is 12.0 Å². The first-order valence-corrected chi connectivity index (χ1v) is 6.26. The molecule has 0 atom stereocenters. The molecule has 0 saturated heterocycles. The number of nitrogen functional groups attached to an aromatic ring is 1. The Morgan fingerprint density at radius 1 is 1.10 bits per heavy atom. The van der Waals surface area contributed by atoms with Gasteiger partial charge in [0.15, 0.2) is 0 Å². The summed E-state index contributed by atoms with van der Waals surface area (Å²) in [7, 11) is 0. The summed E-state index contributed by atoms with van der Waals surface area (Å²) in [6.07, 6.45) is 3.14. The van der Waals surface area contributed by atoms with Crippen LogP contribution >= 0.6 is 0 Å². The second kappa shape index (κ2) is 4.77. The first kappa shape index (κ1) is 12.3. The zero-order valence-electron chi connectivity index (χ0n) is 11.3. The van der Waals surface area contributed by atoms with Crippen LogP contribution in [0.3, 0.4) is 0 Å². The summed E-state index contributed by atoms with van der Waals surface area (Å²) in [5.41, 5.74) is 11.4. The van der Waals surface area contributed by atoms with Gasteiger partial charge in [0.25, 0.3) is 0 Å². The Morgan fingerprint density at radius 3 is 2.65 bits per heavy atom. The molecule has 0 aliphatic heterocycles. The Balaban J connectivity index is 2.18. The summed E-state index contributed by atoms with van der Waals surface area (Å²) in [5.74, 6) is 0.261. The van der Waals surface area contributed by atoms with Gasteiger partial charge in [-0.1, -0.05) is 17.3 Å². The number of hydrogen-bond acceptors (Lipinski definition) is 5. The lowest BCUT2D eigenvalue weighted by atomic mass is 10.0. The zero-order chi connectivity index (χ0) is 14.1. The van der Waals surface area contributed by atoms with E-state index < -0.39 is 0 Å². The molecule has 2 N–H and O–H groups in total. The van der Waals surface area contributed by atoms with Gasteiger partial charge in [-0.25, -0.2) is 9.97 Å². The minimum Gasteiger partial charge on any atom is -0.367 e. The second-order valence-corrected chi connectivity index (χ2v) is 4.66. The number of anilines is 1. The second-order valence-electron chi connectivity index (χ2n) is 4.66. The maximum Gasteiger partial charge on any atom is 0.232 e. The van der Waals surface area contributed by atoms with Crippen molar-refractivity contribution in [1.29, 1.82) is 0 Å². The quantitative estimate of drug-likeness (QED) is 0.771. The van der Waals surface area contributed by atoms with E-state index in [1.165, 1.54) is 17.5 Å². The van der Waals surface area contributed by atoms with Crippen LogP contribution in [-0.4, -0.2) is 15.1 Å². The Morgan fingerprint density at radius 2 is 1.95 bits per heavy atom. The Kier molecular flexibility index (Phi) is 2.95. The molecule has 2 heterocycles. The molecule has 20 heavy (non-hydrogen) atoms. The standard InChI is InChI=1S/C15H14N4O/c1-9-3-4-11(7-10(9)2)14-13(15(16)20-19-14)12-5-6-17-8-18-12/h3-8H,16H2,1-2H3. The third-order valence-corrected chi connectivity index (χ3v) is 3.34. The fraction of sp³-hybridized carbons (Fsp3) is 0.133. The molecule has 5 nitrogen and oxygen atoms in total. The molecule has 0 amide bonds.